The first-order valence-corrected chi connectivity index (χ1v) is 8.10. The molecule has 0 aromatic heterocycles. The molecule has 0 atom stereocenters. The molecule has 1 heterocycles. The molecule has 1 fully saturated rings. The van der Waals surface area contributed by atoms with Gasteiger partial charge in [-0.05, 0) is 12.8 Å². The van der Waals surface area contributed by atoms with Gasteiger partial charge in [0.05, 0.1) is 0 Å². The smallest absolute Gasteiger partial charge is 0.125 e. The molecular formula is C17H29NO. The molecule has 19 heavy (non-hydrogen) atoms. The molecule has 2 aliphatic rings. The molecule has 1 aliphatic heterocycles. The van der Waals surface area contributed by atoms with Gasteiger partial charge in [0.1, 0.15) is 12.0 Å². The molecule has 2 heteroatoms. The first kappa shape index (κ1) is 14.5. The summed E-state index contributed by atoms with van der Waals surface area (Å²) in [6.45, 7) is 2.38. The van der Waals surface area contributed by atoms with Crippen molar-refractivity contribution in [3.63, 3.8) is 0 Å². The molecule has 2 rings (SSSR count). The second-order valence-corrected chi connectivity index (χ2v) is 6.34. The van der Waals surface area contributed by atoms with Crippen molar-refractivity contribution in [1.82, 2.24) is 5.32 Å². The van der Waals surface area contributed by atoms with Crippen molar-refractivity contribution in [2.75, 3.05) is 0 Å². The van der Waals surface area contributed by atoms with Crippen molar-refractivity contribution in [3.8, 4) is 0 Å². The van der Waals surface area contributed by atoms with Gasteiger partial charge >= 0.3 is 0 Å². The monoisotopic (exact) mass is 263 g/mol. The number of allylic oxidation sites excluding steroid dienone is 1. The van der Waals surface area contributed by atoms with Crippen LogP contribution in [0.3, 0.4) is 0 Å². The molecular weight excluding hydrogens is 234 g/mol. The Balaban J connectivity index is 1.94. The van der Waals surface area contributed by atoms with Crippen LogP contribution in [0.1, 0.15) is 77.6 Å². The van der Waals surface area contributed by atoms with E-state index in [0.717, 1.165) is 5.76 Å². The van der Waals surface area contributed by atoms with E-state index in [2.05, 4.69) is 12.2 Å². The van der Waals surface area contributed by atoms with Crippen molar-refractivity contribution < 1.29 is 4.74 Å². The topological polar surface area (TPSA) is 21.3 Å². The predicted octanol–water partition coefficient (Wildman–Crippen LogP) is 5.23. The maximum Gasteiger partial charge on any atom is 0.125 e. The lowest BCUT2D eigenvalue weighted by atomic mass is 9.77. The van der Waals surface area contributed by atoms with E-state index >= 15 is 0 Å². The summed E-state index contributed by atoms with van der Waals surface area (Å²) in [6.07, 6.45) is 20.7. The van der Waals surface area contributed by atoms with Gasteiger partial charge in [0.15, 0.2) is 0 Å². The fourth-order valence-electron chi connectivity index (χ4n) is 3.26. The molecule has 0 aromatic carbocycles. The highest BCUT2D eigenvalue weighted by Gasteiger charge is 2.30. The van der Waals surface area contributed by atoms with Gasteiger partial charge in [-0.1, -0.05) is 64.7 Å². The Morgan fingerprint density at radius 3 is 1.89 bits per heavy atom. The largest absolute Gasteiger partial charge is 0.466 e. The Morgan fingerprint density at radius 2 is 1.42 bits per heavy atom. The van der Waals surface area contributed by atoms with E-state index in [0.29, 0.717) is 0 Å². The van der Waals surface area contributed by atoms with Crippen LogP contribution in [0.2, 0.25) is 0 Å². The Morgan fingerprint density at radius 1 is 0.895 bits per heavy atom. The van der Waals surface area contributed by atoms with E-state index in [-0.39, 0.29) is 5.41 Å². The predicted molar refractivity (Wildman–Crippen MR) is 80.3 cm³/mol. The fraction of sp³-hybridized carbons (Fsp3) is 0.765. The summed E-state index contributed by atoms with van der Waals surface area (Å²) in [4.78, 5) is 0. The molecule has 0 bridgehead atoms. The van der Waals surface area contributed by atoms with Gasteiger partial charge in [-0.15, -0.1) is 0 Å². The van der Waals surface area contributed by atoms with Crippen LogP contribution in [0.15, 0.2) is 24.4 Å². The Kier molecular flexibility index (Phi) is 5.81. The van der Waals surface area contributed by atoms with Gasteiger partial charge in [-0.25, -0.2) is 0 Å². The molecule has 0 aromatic rings. The van der Waals surface area contributed by atoms with Crippen LogP contribution in [-0.4, -0.2) is 0 Å². The molecule has 0 amide bonds. The summed E-state index contributed by atoms with van der Waals surface area (Å²) in [6, 6.07) is 0. The summed E-state index contributed by atoms with van der Waals surface area (Å²) in [5, 5.41) is 3.18. The lowest BCUT2D eigenvalue weighted by Crippen LogP contribution is -2.24. The Hall–Kier alpha value is -0.920. The van der Waals surface area contributed by atoms with Crippen LogP contribution < -0.4 is 5.32 Å². The summed E-state index contributed by atoms with van der Waals surface area (Å²) in [5.41, 5.74) is 0.219. The minimum atomic E-state index is 0.219. The molecule has 0 saturated heterocycles. The molecule has 0 spiro atoms. The van der Waals surface area contributed by atoms with Crippen LogP contribution >= 0.6 is 0 Å². The first-order chi connectivity index (χ1) is 9.31. The number of hydrogen-bond donors (Lipinski definition) is 1. The third kappa shape index (κ3) is 4.59. The standard InChI is InChI=1S/C17H29NO/c1-17(16-15-18-13-14-19-16)11-9-7-5-3-2-4-6-8-10-12-17/h13-15,18H,2-12H2,1H3. The van der Waals surface area contributed by atoms with E-state index in [1.807, 2.05) is 12.4 Å². The highest BCUT2D eigenvalue weighted by Crippen LogP contribution is 2.39. The van der Waals surface area contributed by atoms with Gasteiger partial charge in [0.25, 0.3) is 0 Å². The highest BCUT2D eigenvalue weighted by molar-refractivity contribution is 5.10. The van der Waals surface area contributed by atoms with Crippen molar-refractivity contribution in [2.24, 2.45) is 5.41 Å². The van der Waals surface area contributed by atoms with Gasteiger partial charge in [-0.2, -0.15) is 0 Å². The van der Waals surface area contributed by atoms with Gasteiger partial charge in [0.2, 0.25) is 0 Å². The molecule has 2 nitrogen and oxygen atoms in total. The average Bonchev–Trinajstić information content (AvgIpc) is 2.44. The Bertz CT molecular complexity index is 307. The molecule has 108 valence electrons. The van der Waals surface area contributed by atoms with E-state index in [1.54, 1.807) is 6.26 Å². The first-order valence-electron chi connectivity index (χ1n) is 8.10. The third-order valence-corrected chi connectivity index (χ3v) is 4.63. The zero-order valence-corrected chi connectivity index (χ0v) is 12.4. The number of ether oxygens (including phenoxy) is 1. The number of nitrogens with one attached hydrogen (secondary N) is 1. The zero-order chi connectivity index (χ0) is 13.4. The van der Waals surface area contributed by atoms with Crippen molar-refractivity contribution >= 4 is 0 Å². The summed E-state index contributed by atoms with van der Waals surface area (Å²) >= 11 is 0. The average molecular weight is 263 g/mol. The third-order valence-electron chi connectivity index (χ3n) is 4.63. The van der Waals surface area contributed by atoms with E-state index in [1.165, 1.54) is 70.6 Å². The summed E-state index contributed by atoms with van der Waals surface area (Å²) < 4.78 is 5.76. The van der Waals surface area contributed by atoms with Crippen molar-refractivity contribution in [1.29, 1.82) is 0 Å². The maximum atomic E-state index is 5.76. The van der Waals surface area contributed by atoms with Crippen LogP contribution in [0, 0.1) is 5.41 Å². The molecule has 1 aliphatic carbocycles. The fourth-order valence-corrected chi connectivity index (χ4v) is 3.26. The van der Waals surface area contributed by atoms with Gasteiger partial charge in [0, 0.05) is 17.8 Å². The SMILES string of the molecule is CC1(C2=CNC=CO2)CCCCCCCCCCC1. The quantitative estimate of drug-likeness (QED) is 0.699. The molecule has 1 saturated carbocycles. The number of hydrogen-bond acceptors (Lipinski definition) is 2. The van der Waals surface area contributed by atoms with Gasteiger partial charge < -0.3 is 10.1 Å². The zero-order valence-electron chi connectivity index (χ0n) is 12.4. The minimum absolute atomic E-state index is 0.219. The van der Waals surface area contributed by atoms with E-state index in [9.17, 15) is 0 Å². The summed E-state index contributed by atoms with van der Waals surface area (Å²) in [7, 11) is 0. The normalized spacial score (nSPS) is 25.2. The van der Waals surface area contributed by atoms with Crippen molar-refractivity contribution in [3.05, 3.63) is 24.4 Å². The van der Waals surface area contributed by atoms with Crippen LogP contribution in [0.25, 0.3) is 0 Å². The summed E-state index contributed by atoms with van der Waals surface area (Å²) in [5.74, 6) is 1.13. The number of rotatable bonds is 1. The molecule has 1 N–H and O–H groups in total. The molecule has 0 radical (unpaired) electrons. The Labute approximate surface area is 118 Å². The van der Waals surface area contributed by atoms with Crippen molar-refractivity contribution in [2.45, 2.75) is 77.6 Å². The van der Waals surface area contributed by atoms with Crippen LogP contribution in [0.5, 0.6) is 0 Å². The maximum absolute atomic E-state index is 5.76. The van der Waals surface area contributed by atoms with Crippen LogP contribution in [-0.2, 0) is 4.74 Å². The lowest BCUT2D eigenvalue weighted by molar-refractivity contribution is 0.174. The van der Waals surface area contributed by atoms with Crippen LogP contribution in [0.4, 0.5) is 0 Å². The second kappa shape index (κ2) is 7.62. The lowest BCUT2D eigenvalue weighted by Gasteiger charge is -2.32. The highest BCUT2D eigenvalue weighted by atomic mass is 16.5. The van der Waals surface area contributed by atoms with E-state index < -0.39 is 0 Å². The van der Waals surface area contributed by atoms with Gasteiger partial charge in [-0.3, -0.25) is 0 Å². The second-order valence-electron chi connectivity index (χ2n) is 6.34. The molecule has 0 unspecified atom stereocenters. The minimum Gasteiger partial charge on any atom is -0.466 e. The van der Waals surface area contributed by atoms with E-state index in [4.69, 9.17) is 4.74 Å².